The summed E-state index contributed by atoms with van der Waals surface area (Å²) < 4.78 is 51.1. The molecule has 1 amide bonds. The van der Waals surface area contributed by atoms with Gasteiger partial charge in [0.25, 0.3) is 5.91 Å². The molecule has 0 radical (unpaired) electrons. The van der Waals surface area contributed by atoms with Gasteiger partial charge in [0.1, 0.15) is 5.58 Å². The van der Waals surface area contributed by atoms with Crippen LogP contribution in [0.5, 0.6) is 5.75 Å². The number of ether oxygens (including phenoxy) is 1. The lowest BCUT2D eigenvalue weighted by atomic mass is 10.1. The number of fused-ring (bicyclic) bond motifs is 1. The molecule has 9 heteroatoms. The van der Waals surface area contributed by atoms with Gasteiger partial charge in [-0.2, -0.15) is 13.2 Å². The molecule has 0 atom stereocenters. The average Bonchev–Trinajstić information content (AvgIpc) is 2.78. The maximum Gasteiger partial charge on any atom is 0.418 e. The zero-order valence-electron chi connectivity index (χ0n) is 17.7. The Morgan fingerprint density at radius 2 is 1.76 bits per heavy atom. The summed E-state index contributed by atoms with van der Waals surface area (Å²) in [5.74, 6) is -1.04. The van der Waals surface area contributed by atoms with Crippen molar-refractivity contribution < 1.29 is 27.1 Å². The summed E-state index contributed by atoms with van der Waals surface area (Å²) in [6.07, 6.45) is -4.65. The molecule has 4 rings (SSSR count). The minimum atomic E-state index is -4.65. The molecule has 0 spiro atoms. The van der Waals surface area contributed by atoms with Gasteiger partial charge in [-0.1, -0.05) is 29.8 Å². The smallest absolute Gasteiger partial charge is 0.418 e. The molecule has 1 N–H and O–H groups in total. The summed E-state index contributed by atoms with van der Waals surface area (Å²) in [5.41, 5.74) is -0.259. The summed E-state index contributed by atoms with van der Waals surface area (Å²) in [6.45, 7) is 1.13. The molecular weight excluding hydrogens is 471 g/mol. The zero-order valence-corrected chi connectivity index (χ0v) is 18.5. The lowest BCUT2D eigenvalue weighted by molar-refractivity contribution is -0.137. The van der Waals surface area contributed by atoms with Crippen LogP contribution in [0.25, 0.3) is 22.3 Å². The van der Waals surface area contributed by atoms with Crippen LogP contribution >= 0.6 is 11.6 Å². The normalized spacial score (nSPS) is 11.4. The first-order chi connectivity index (χ1) is 16.1. The van der Waals surface area contributed by atoms with Gasteiger partial charge in [0.2, 0.25) is 11.2 Å². The van der Waals surface area contributed by atoms with Crippen molar-refractivity contribution in [1.29, 1.82) is 0 Å². The second kappa shape index (κ2) is 9.23. The molecule has 0 saturated carbocycles. The van der Waals surface area contributed by atoms with E-state index in [1.807, 2.05) is 6.92 Å². The van der Waals surface area contributed by atoms with Crippen LogP contribution < -0.4 is 15.5 Å². The number of carbonyl (C=O) groups is 1. The Bertz CT molecular complexity index is 1430. The van der Waals surface area contributed by atoms with Gasteiger partial charge < -0.3 is 14.5 Å². The largest absolute Gasteiger partial charge is 0.476 e. The van der Waals surface area contributed by atoms with Crippen LogP contribution in [0.3, 0.4) is 0 Å². The van der Waals surface area contributed by atoms with Crippen LogP contribution in [-0.4, -0.2) is 12.5 Å². The van der Waals surface area contributed by atoms with Gasteiger partial charge in [-0.05, 0) is 61.0 Å². The number of alkyl halides is 3. The molecule has 0 unspecified atom stereocenters. The fourth-order valence-corrected chi connectivity index (χ4v) is 3.49. The Kier molecular flexibility index (Phi) is 6.34. The topological polar surface area (TPSA) is 68.5 Å². The number of hydrogen-bond acceptors (Lipinski definition) is 4. The van der Waals surface area contributed by atoms with E-state index in [9.17, 15) is 22.8 Å². The van der Waals surface area contributed by atoms with Crippen LogP contribution in [0.1, 0.15) is 11.1 Å². The fourth-order valence-electron chi connectivity index (χ4n) is 3.37. The van der Waals surface area contributed by atoms with Crippen molar-refractivity contribution in [3.63, 3.8) is 0 Å². The highest BCUT2D eigenvalue weighted by molar-refractivity contribution is 6.30. The van der Waals surface area contributed by atoms with E-state index in [0.29, 0.717) is 16.2 Å². The summed E-state index contributed by atoms with van der Waals surface area (Å²) in [6, 6.07) is 16.0. The Morgan fingerprint density at radius 3 is 2.47 bits per heavy atom. The number of para-hydroxylation sites is 1. The van der Waals surface area contributed by atoms with E-state index >= 15 is 0 Å². The first kappa shape index (κ1) is 23.4. The second-order valence-electron chi connectivity index (χ2n) is 7.48. The van der Waals surface area contributed by atoms with Crippen molar-refractivity contribution in [2.75, 3.05) is 11.9 Å². The molecule has 4 aromatic rings. The van der Waals surface area contributed by atoms with Crippen LogP contribution in [0.4, 0.5) is 18.9 Å². The predicted molar refractivity (Wildman–Crippen MR) is 123 cm³/mol. The number of rotatable bonds is 5. The predicted octanol–water partition coefficient (Wildman–Crippen LogP) is 6.46. The third-order valence-electron chi connectivity index (χ3n) is 4.97. The Balaban J connectivity index is 1.68. The summed E-state index contributed by atoms with van der Waals surface area (Å²) in [4.78, 5) is 25.6. The number of carbonyl (C=O) groups excluding carboxylic acids is 1. The quantitative estimate of drug-likeness (QED) is 0.351. The van der Waals surface area contributed by atoms with E-state index < -0.39 is 35.4 Å². The van der Waals surface area contributed by atoms with E-state index in [2.05, 4.69) is 5.32 Å². The lowest BCUT2D eigenvalue weighted by Crippen LogP contribution is -2.24. The minimum absolute atomic E-state index is 0.0725. The van der Waals surface area contributed by atoms with Gasteiger partial charge in [-0.25, -0.2) is 0 Å². The number of anilines is 1. The second-order valence-corrected chi connectivity index (χ2v) is 7.91. The molecule has 34 heavy (non-hydrogen) atoms. The molecule has 5 nitrogen and oxygen atoms in total. The van der Waals surface area contributed by atoms with Gasteiger partial charge >= 0.3 is 6.18 Å². The van der Waals surface area contributed by atoms with Crippen molar-refractivity contribution in [2.45, 2.75) is 13.1 Å². The molecule has 3 aromatic carbocycles. The van der Waals surface area contributed by atoms with Crippen molar-refractivity contribution in [3.8, 4) is 17.1 Å². The summed E-state index contributed by atoms with van der Waals surface area (Å²) in [7, 11) is 0. The van der Waals surface area contributed by atoms with Gasteiger partial charge in [0.05, 0.1) is 16.6 Å². The summed E-state index contributed by atoms with van der Waals surface area (Å²) >= 11 is 5.95. The van der Waals surface area contributed by atoms with Gasteiger partial charge in [0.15, 0.2) is 12.4 Å². The zero-order chi connectivity index (χ0) is 24.5. The third kappa shape index (κ3) is 4.92. The molecule has 174 valence electrons. The molecule has 0 aliphatic rings. The number of halogens is 4. The van der Waals surface area contributed by atoms with E-state index in [1.165, 1.54) is 12.1 Å². The highest BCUT2D eigenvalue weighted by atomic mass is 35.5. The maximum absolute atomic E-state index is 13.2. The van der Waals surface area contributed by atoms with Crippen molar-refractivity contribution in [1.82, 2.24) is 0 Å². The first-order valence-electron chi connectivity index (χ1n) is 10.1. The molecule has 1 heterocycles. The number of aryl methyl sites for hydroxylation is 1. The average molecular weight is 488 g/mol. The van der Waals surface area contributed by atoms with Crippen LogP contribution in [0, 0.1) is 6.92 Å². The van der Waals surface area contributed by atoms with Crippen LogP contribution in [-0.2, 0) is 11.0 Å². The standard InChI is InChI=1S/C25H17ClF3NO4/c1-14-6-11-17-20(12-14)34-23(15-7-9-16(26)10-8-15)24(22(17)32)33-13-21(31)30-19-5-3-2-4-18(19)25(27,28)29/h2-12H,13H2,1H3,(H,30,31). The highest BCUT2D eigenvalue weighted by Gasteiger charge is 2.33. The maximum atomic E-state index is 13.2. The highest BCUT2D eigenvalue weighted by Crippen LogP contribution is 2.35. The monoisotopic (exact) mass is 487 g/mol. The molecule has 0 bridgehead atoms. The number of benzene rings is 3. The Hall–Kier alpha value is -3.78. The molecular formula is C25H17ClF3NO4. The first-order valence-corrected chi connectivity index (χ1v) is 10.4. The van der Waals surface area contributed by atoms with E-state index in [-0.39, 0.29) is 16.9 Å². The third-order valence-corrected chi connectivity index (χ3v) is 5.22. The lowest BCUT2D eigenvalue weighted by Gasteiger charge is -2.15. The van der Waals surface area contributed by atoms with Crippen molar-refractivity contribution >= 4 is 34.2 Å². The Labute approximate surface area is 196 Å². The summed E-state index contributed by atoms with van der Waals surface area (Å²) in [5, 5.41) is 2.89. The van der Waals surface area contributed by atoms with Gasteiger partial charge in [0, 0.05) is 10.6 Å². The minimum Gasteiger partial charge on any atom is -0.476 e. The van der Waals surface area contributed by atoms with E-state index in [4.69, 9.17) is 20.8 Å². The molecule has 0 aliphatic heterocycles. The molecule has 0 fully saturated rings. The molecule has 0 saturated heterocycles. The fraction of sp³-hybridized carbons (Fsp3) is 0.120. The molecule has 1 aromatic heterocycles. The van der Waals surface area contributed by atoms with Crippen LogP contribution in [0.15, 0.2) is 75.9 Å². The van der Waals surface area contributed by atoms with Crippen LogP contribution in [0.2, 0.25) is 5.02 Å². The van der Waals surface area contributed by atoms with Crippen molar-refractivity contribution in [2.24, 2.45) is 0 Å². The van der Waals surface area contributed by atoms with E-state index in [0.717, 1.165) is 17.7 Å². The van der Waals surface area contributed by atoms with Gasteiger partial charge in [-0.3, -0.25) is 9.59 Å². The number of hydrogen-bond donors (Lipinski definition) is 1. The van der Waals surface area contributed by atoms with Crippen molar-refractivity contribution in [3.05, 3.63) is 93.1 Å². The number of nitrogens with one attached hydrogen (secondary N) is 1. The van der Waals surface area contributed by atoms with E-state index in [1.54, 1.807) is 42.5 Å². The number of amides is 1. The SMILES string of the molecule is Cc1ccc2c(=O)c(OCC(=O)Nc3ccccc3C(F)(F)F)c(-c3ccc(Cl)cc3)oc2c1. The molecule has 0 aliphatic carbocycles. The van der Waals surface area contributed by atoms with Gasteiger partial charge in [-0.15, -0.1) is 0 Å². The Morgan fingerprint density at radius 1 is 1.06 bits per heavy atom.